The van der Waals surface area contributed by atoms with Crippen molar-refractivity contribution >= 4 is 11.8 Å². The Labute approximate surface area is 163 Å². The summed E-state index contributed by atoms with van der Waals surface area (Å²) in [5, 5.41) is 6.84. The maximum atomic E-state index is 13.1. The van der Waals surface area contributed by atoms with E-state index < -0.39 is 0 Å². The van der Waals surface area contributed by atoms with Crippen LogP contribution in [0.3, 0.4) is 0 Å². The van der Waals surface area contributed by atoms with Crippen LogP contribution < -0.4 is 10.2 Å². The molecule has 1 aromatic heterocycles. The average molecular weight is 380 g/mol. The first-order chi connectivity index (χ1) is 13.6. The van der Waals surface area contributed by atoms with Crippen LogP contribution in [0.25, 0.3) is 11.3 Å². The molecule has 1 aliphatic rings. The second-order valence-corrected chi connectivity index (χ2v) is 7.40. The summed E-state index contributed by atoms with van der Waals surface area (Å²) in [7, 11) is 0. The topological polar surface area (TPSA) is 59.6 Å². The Hall–Kier alpha value is -2.99. The van der Waals surface area contributed by atoms with Crippen LogP contribution >= 0.6 is 0 Å². The molecule has 2 N–H and O–H groups in total. The van der Waals surface area contributed by atoms with E-state index >= 15 is 0 Å². The number of aromatic nitrogens is 1. The second-order valence-electron chi connectivity index (χ2n) is 7.40. The number of hydrogen-bond acceptors (Lipinski definition) is 3. The van der Waals surface area contributed by atoms with Crippen molar-refractivity contribution in [3.63, 3.8) is 0 Å². The highest BCUT2D eigenvalue weighted by molar-refractivity contribution is 5.90. The van der Waals surface area contributed by atoms with Crippen LogP contribution in [0.1, 0.15) is 24.0 Å². The third-order valence-corrected chi connectivity index (χ3v) is 5.01. The van der Waals surface area contributed by atoms with E-state index in [1.54, 1.807) is 18.2 Å². The Balaban J connectivity index is 1.37. The van der Waals surface area contributed by atoms with E-state index in [-0.39, 0.29) is 11.7 Å². The molecule has 1 heterocycles. The zero-order valence-corrected chi connectivity index (χ0v) is 15.7. The van der Waals surface area contributed by atoms with Crippen LogP contribution in [0.2, 0.25) is 0 Å². The molecule has 0 bridgehead atoms. The summed E-state index contributed by atoms with van der Waals surface area (Å²) >= 11 is 0. The van der Waals surface area contributed by atoms with Crippen LogP contribution in [0.15, 0.2) is 59.1 Å². The summed E-state index contributed by atoms with van der Waals surface area (Å²) in [4.78, 5) is 13.7. The highest BCUT2D eigenvalue weighted by atomic mass is 19.1. The minimum absolute atomic E-state index is 0.115. The maximum Gasteiger partial charge on any atom is 0.281 e. The second kappa shape index (κ2) is 7.94. The zero-order chi connectivity index (χ0) is 19.5. The monoisotopic (exact) mass is 380 g/mol. The smallest absolute Gasteiger partial charge is 0.281 e. The fourth-order valence-corrected chi connectivity index (χ4v) is 3.29. The number of halogens is 1. The van der Waals surface area contributed by atoms with E-state index in [1.165, 1.54) is 22.6 Å². The molecule has 4 rings (SSSR count). The predicted octanol–water partition coefficient (Wildman–Crippen LogP) is 2.98. The SMILES string of the molecule is Cc1ccc(-c2cc(NC(=O)C[NH+](Cc3ccc(F)cc3)C3CC3)on2)cc1. The Morgan fingerprint density at radius 1 is 1.18 bits per heavy atom. The number of nitrogens with zero attached hydrogens (tertiary/aromatic N) is 1. The molecule has 3 aromatic rings. The van der Waals surface area contributed by atoms with Gasteiger partial charge in [0.2, 0.25) is 5.88 Å². The molecule has 1 fully saturated rings. The molecule has 28 heavy (non-hydrogen) atoms. The lowest BCUT2D eigenvalue weighted by Gasteiger charge is -2.18. The molecule has 1 unspecified atom stereocenters. The number of quaternary nitrogens is 1. The molecule has 6 heteroatoms. The number of amides is 1. The number of hydrogen-bond donors (Lipinski definition) is 2. The van der Waals surface area contributed by atoms with Crippen LogP contribution in [0, 0.1) is 12.7 Å². The molecule has 0 aliphatic heterocycles. The molecule has 0 spiro atoms. The summed E-state index contributed by atoms with van der Waals surface area (Å²) < 4.78 is 18.4. The van der Waals surface area contributed by atoms with Crippen molar-refractivity contribution in [2.45, 2.75) is 32.4 Å². The van der Waals surface area contributed by atoms with Gasteiger partial charge in [-0.1, -0.05) is 47.1 Å². The molecule has 2 aromatic carbocycles. The first-order valence-electron chi connectivity index (χ1n) is 9.49. The van der Waals surface area contributed by atoms with Crippen molar-refractivity contribution in [3.8, 4) is 11.3 Å². The largest absolute Gasteiger partial charge is 0.338 e. The van der Waals surface area contributed by atoms with Gasteiger partial charge in [0.15, 0.2) is 6.54 Å². The van der Waals surface area contributed by atoms with Gasteiger partial charge in [0, 0.05) is 30.0 Å². The number of rotatable bonds is 7. The molecule has 1 amide bonds. The van der Waals surface area contributed by atoms with Gasteiger partial charge in [0.05, 0.1) is 6.04 Å². The number of carbonyl (C=O) groups excluding carboxylic acids is 1. The summed E-state index contributed by atoms with van der Waals surface area (Å²) in [5.74, 6) is -0.0164. The van der Waals surface area contributed by atoms with Gasteiger partial charge < -0.3 is 9.42 Å². The normalized spacial score (nSPS) is 14.6. The van der Waals surface area contributed by atoms with Crippen LogP contribution in [-0.2, 0) is 11.3 Å². The van der Waals surface area contributed by atoms with Gasteiger partial charge in [-0.05, 0) is 19.1 Å². The van der Waals surface area contributed by atoms with Crippen molar-refractivity contribution < 1.29 is 18.6 Å². The average Bonchev–Trinajstić information content (AvgIpc) is 3.43. The quantitative estimate of drug-likeness (QED) is 0.663. The van der Waals surface area contributed by atoms with Gasteiger partial charge in [-0.3, -0.25) is 10.1 Å². The summed E-state index contributed by atoms with van der Waals surface area (Å²) in [6, 6.07) is 16.7. The highest BCUT2D eigenvalue weighted by Crippen LogP contribution is 2.22. The first-order valence-corrected chi connectivity index (χ1v) is 9.49. The van der Waals surface area contributed by atoms with E-state index in [0.717, 1.165) is 24.0 Å². The van der Waals surface area contributed by atoms with Gasteiger partial charge >= 0.3 is 0 Å². The van der Waals surface area contributed by atoms with E-state index in [9.17, 15) is 9.18 Å². The van der Waals surface area contributed by atoms with E-state index in [1.807, 2.05) is 31.2 Å². The standard InChI is InChI=1S/C22H22FN3O2/c1-15-2-6-17(7-3-15)20-12-22(28-25-20)24-21(27)14-26(19-10-11-19)13-16-4-8-18(23)9-5-16/h2-9,12,19H,10-11,13-14H2,1H3,(H,24,27)/p+1. The molecule has 1 saturated carbocycles. The molecular formula is C22H23FN3O2+. The molecule has 0 saturated heterocycles. The van der Waals surface area contributed by atoms with Crippen molar-refractivity contribution in [3.05, 3.63) is 71.5 Å². The summed E-state index contributed by atoms with van der Waals surface area (Å²) in [6.45, 7) is 3.06. The minimum atomic E-state index is -0.246. The fourth-order valence-electron chi connectivity index (χ4n) is 3.29. The van der Waals surface area contributed by atoms with Gasteiger partial charge in [0.25, 0.3) is 5.91 Å². The number of carbonyl (C=O) groups is 1. The van der Waals surface area contributed by atoms with Crippen molar-refractivity contribution in [1.29, 1.82) is 0 Å². The van der Waals surface area contributed by atoms with Gasteiger partial charge in [0.1, 0.15) is 18.1 Å². The first kappa shape index (κ1) is 18.4. The molecule has 0 radical (unpaired) electrons. The Kier molecular flexibility index (Phi) is 5.21. The molecule has 144 valence electrons. The third-order valence-electron chi connectivity index (χ3n) is 5.01. The van der Waals surface area contributed by atoms with Gasteiger partial charge in [-0.2, -0.15) is 0 Å². The zero-order valence-electron chi connectivity index (χ0n) is 15.7. The maximum absolute atomic E-state index is 13.1. The number of benzene rings is 2. The number of anilines is 1. The Morgan fingerprint density at radius 2 is 1.89 bits per heavy atom. The van der Waals surface area contributed by atoms with E-state index in [4.69, 9.17) is 4.52 Å². The van der Waals surface area contributed by atoms with Crippen molar-refractivity contribution in [2.24, 2.45) is 0 Å². The number of aryl methyl sites for hydroxylation is 1. The highest BCUT2D eigenvalue weighted by Gasteiger charge is 2.34. The van der Waals surface area contributed by atoms with Gasteiger partial charge in [-0.15, -0.1) is 0 Å². The Morgan fingerprint density at radius 3 is 2.57 bits per heavy atom. The fraction of sp³-hybridized carbons (Fsp3) is 0.273. The number of nitrogens with one attached hydrogen (secondary N) is 2. The summed E-state index contributed by atoms with van der Waals surface area (Å²) in [5.41, 5.74) is 3.83. The lowest BCUT2D eigenvalue weighted by Crippen LogP contribution is -3.13. The van der Waals surface area contributed by atoms with Crippen LogP contribution in [0.4, 0.5) is 10.3 Å². The lowest BCUT2D eigenvalue weighted by atomic mass is 10.1. The van der Waals surface area contributed by atoms with Crippen LogP contribution in [-0.4, -0.2) is 23.7 Å². The van der Waals surface area contributed by atoms with Crippen molar-refractivity contribution in [1.82, 2.24) is 5.16 Å². The Bertz CT molecular complexity index is 947. The summed E-state index contributed by atoms with van der Waals surface area (Å²) in [6.07, 6.45) is 2.23. The van der Waals surface area contributed by atoms with E-state index in [0.29, 0.717) is 30.7 Å². The third kappa shape index (κ3) is 4.64. The molecule has 1 atom stereocenters. The van der Waals surface area contributed by atoms with Gasteiger partial charge in [-0.25, -0.2) is 4.39 Å². The van der Waals surface area contributed by atoms with E-state index in [2.05, 4.69) is 10.5 Å². The molecular weight excluding hydrogens is 357 g/mol. The minimum Gasteiger partial charge on any atom is -0.338 e. The predicted molar refractivity (Wildman–Crippen MR) is 104 cm³/mol. The lowest BCUT2D eigenvalue weighted by molar-refractivity contribution is -0.916. The molecule has 1 aliphatic carbocycles. The van der Waals surface area contributed by atoms with Crippen LogP contribution in [0.5, 0.6) is 0 Å². The van der Waals surface area contributed by atoms with Crippen molar-refractivity contribution in [2.75, 3.05) is 11.9 Å². The molecule has 5 nitrogen and oxygen atoms in total.